The number of hydrogen-bond acceptors (Lipinski definition) is 4. The quantitative estimate of drug-likeness (QED) is 0.161. The third-order valence-corrected chi connectivity index (χ3v) is 7.31. The lowest BCUT2D eigenvalue weighted by atomic mass is 10.1. The lowest BCUT2D eigenvalue weighted by Gasteiger charge is -2.14. The first-order chi connectivity index (χ1) is 16.1. The van der Waals surface area contributed by atoms with Crippen LogP contribution in [0.5, 0.6) is 0 Å². The van der Waals surface area contributed by atoms with E-state index in [2.05, 4.69) is 10.6 Å². The number of carbonyl (C=O) groups is 3. The van der Waals surface area contributed by atoms with Crippen LogP contribution >= 0.6 is 58.2 Å². The summed E-state index contributed by atoms with van der Waals surface area (Å²) in [5.41, 5.74) is 1.19. The van der Waals surface area contributed by atoms with Crippen molar-refractivity contribution >= 4 is 87.3 Å². The minimum Gasteiger partial charge on any atom is -0.478 e. The second-order valence-electron chi connectivity index (χ2n) is 7.00. The predicted octanol–water partition coefficient (Wildman–Crippen LogP) is 7.29. The summed E-state index contributed by atoms with van der Waals surface area (Å²) in [7, 11) is 0. The van der Waals surface area contributed by atoms with Gasteiger partial charge in [0, 0.05) is 16.3 Å². The van der Waals surface area contributed by atoms with Crippen molar-refractivity contribution in [3.05, 3.63) is 85.3 Å². The zero-order valence-corrected chi connectivity index (χ0v) is 21.3. The molecule has 176 valence electrons. The van der Waals surface area contributed by atoms with Gasteiger partial charge in [-0.05, 0) is 48.9 Å². The molecule has 2 amide bonds. The Labute approximate surface area is 219 Å². The highest BCUT2D eigenvalue weighted by Gasteiger charge is 2.28. The Bertz CT molecular complexity index is 1280. The van der Waals surface area contributed by atoms with Gasteiger partial charge in [-0.1, -0.05) is 58.5 Å². The number of rotatable bonds is 7. The topological polar surface area (TPSA) is 95.5 Å². The highest BCUT2D eigenvalue weighted by atomic mass is 35.5. The zero-order valence-electron chi connectivity index (χ0n) is 17.4. The smallest absolute Gasteiger partial charge is 0.338 e. The summed E-state index contributed by atoms with van der Waals surface area (Å²) in [6.07, 6.45) is 0. The van der Waals surface area contributed by atoms with E-state index in [1.165, 1.54) is 11.8 Å². The van der Waals surface area contributed by atoms with E-state index in [0.29, 0.717) is 5.69 Å². The average molecular weight is 558 g/mol. The Morgan fingerprint density at radius 1 is 0.824 bits per heavy atom. The molecule has 3 aromatic carbocycles. The van der Waals surface area contributed by atoms with Gasteiger partial charge in [0.2, 0.25) is 5.91 Å². The van der Waals surface area contributed by atoms with E-state index >= 15 is 0 Å². The number of carboxylic acid groups (broad SMARTS) is 1. The minimum atomic E-state index is -1.48. The van der Waals surface area contributed by atoms with E-state index in [0.717, 1.165) is 16.1 Å². The maximum absolute atomic E-state index is 12.8. The fraction of sp³-hybridized carbons (Fsp3) is 0.0870. The second kappa shape index (κ2) is 11.3. The molecule has 0 aromatic heterocycles. The van der Waals surface area contributed by atoms with Crippen LogP contribution in [0.3, 0.4) is 0 Å². The molecule has 0 unspecified atom stereocenters. The van der Waals surface area contributed by atoms with E-state index < -0.39 is 23.0 Å². The normalized spacial score (nSPS) is 10.6. The number of aryl methyl sites for hydroxylation is 1. The molecule has 0 heterocycles. The van der Waals surface area contributed by atoms with Gasteiger partial charge in [-0.3, -0.25) is 9.59 Å². The summed E-state index contributed by atoms with van der Waals surface area (Å²) >= 11 is 25.3. The molecule has 3 aromatic rings. The Kier molecular flexibility index (Phi) is 8.73. The molecule has 0 bridgehead atoms. The summed E-state index contributed by atoms with van der Waals surface area (Å²) in [6, 6.07) is 14.1. The van der Waals surface area contributed by atoms with Gasteiger partial charge < -0.3 is 15.7 Å². The van der Waals surface area contributed by atoms with E-state index in [1.54, 1.807) is 24.3 Å². The first-order valence-electron chi connectivity index (χ1n) is 9.58. The number of nitrogens with one attached hydrogen (secondary N) is 2. The number of thioether (sulfide) groups is 1. The van der Waals surface area contributed by atoms with Gasteiger partial charge in [0.15, 0.2) is 0 Å². The monoisotopic (exact) mass is 556 g/mol. The van der Waals surface area contributed by atoms with Crippen LogP contribution in [0.4, 0.5) is 11.4 Å². The lowest BCUT2D eigenvalue weighted by molar-refractivity contribution is -0.113. The van der Waals surface area contributed by atoms with Gasteiger partial charge in [-0.2, -0.15) is 0 Å². The molecular formula is C23H16Cl4N2O4S. The summed E-state index contributed by atoms with van der Waals surface area (Å²) in [6.45, 7) is 1.94. The van der Waals surface area contributed by atoms with Crippen LogP contribution in [0.25, 0.3) is 0 Å². The molecular weight excluding hydrogens is 542 g/mol. The van der Waals surface area contributed by atoms with Gasteiger partial charge in [0.1, 0.15) is 0 Å². The fourth-order valence-corrected chi connectivity index (χ4v) is 4.66. The standard InChI is InChI=1S/C23H16Cl4N2O4S/c1-11-3-2-4-13(9-11)28-15(30)10-34-14-7-5-12(6-8-14)29-22(31)16-17(23(32)33)19(25)21(27)20(26)18(16)24/h2-9H,10H2,1H3,(H,28,30)(H,29,31)(H,32,33). The van der Waals surface area contributed by atoms with Crippen molar-refractivity contribution in [1.29, 1.82) is 0 Å². The Morgan fingerprint density at radius 2 is 1.44 bits per heavy atom. The number of hydrogen-bond donors (Lipinski definition) is 3. The summed E-state index contributed by atoms with van der Waals surface area (Å²) < 4.78 is 0. The van der Waals surface area contributed by atoms with Crippen molar-refractivity contribution in [1.82, 2.24) is 0 Å². The number of benzene rings is 3. The van der Waals surface area contributed by atoms with Crippen LogP contribution in [-0.2, 0) is 4.79 Å². The zero-order chi connectivity index (χ0) is 25.0. The summed E-state index contributed by atoms with van der Waals surface area (Å²) in [4.78, 5) is 37.4. The lowest BCUT2D eigenvalue weighted by Crippen LogP contribution is -2.18. The van der Waals surface area contributed by atoms with Gasteiger partial charge in [-0.25, -0.2) is 4.79 Å². The van der Waals surface area contributed by atoms with Crippen molar-refractivity contribution in [2.24, 2.45) is 0 Å². The SMILES string of the molecule is Cc1cccc(NC(=O)CSc2ccc(NC(=O)c3c(Cl)c(Cl)c(Cl)c(Cl)c3C(=O)O)cc2)c1. The van der Waals surface area contributed by atoms with E-state index in [1.807, 2.05) is 31.2 Å². The van der Waals surface area contributed by atoms with Crippen molar-refractivity contribution in [2.75, 3.05) is 16.4 Å². The molecule has 0 radical (unpaired) electrons. The fourth-order valence-electron chi connectivity index (χ4n) is 2.94. The summed E-state index contributed by atoms with van der Waals surface area (Å²) in [5, 5.41) is 13.7. The molecule has 0 atom stereocenters. The number of carboxylic acids is 1. The first-order valence-corrected chi connectivity index (χ1v) is 12.1. The third kappa shape index (κ3) is 6.17. The molecule has 0 aliphatic heterocycles. The average Bonchev–Trinajstić information content (AvgIpc) is 2.79. The van der Waals surface area contributed by atoms with Gasteiger partial charge in [0.05, 0.1) is 37.0 Å². The van der Waals surface area contributed by atoms with Crippen molar-refractivity contribution in [3.8, 4) is 0 Å². The number of aromatic carboxylic acids is 1. The van der Waals surface area contributed by atoms with E-state index in [4.69, 9.17) is 46.4 Å². The van der Waals surface area contributed by atoms with Gasteiger partial charge >= 0.3 is 5.97 Å². The highest BCUT2D eigenvalue weighted by Crippen LogP contribution is 2.41. The molecule has 0 spiro atoms. The molecule has 0 aliphatic carbocycles. The van der Waals surface area contributed by atoms with E-state index in [9.17, 15) is 19.5 Å². The largest absolute Gasteiger partial charge is 0.478 e. The highest BCUT2D eigenvalue weighted by molar-refractivity contribution is 8.00. The minimum absolute atomic E-state index is 0.152. The Morgan fingerprint density at radius 3 is 2.03 bits per heavy atom. The second-order valence-corrected chi connectivity index (χ2v) is 9.56. The van der Waals surface area contributed by atoms with Crippen LogP contribution < -0.4 is 10.6 Å². The molecule has 3 rings (SSSR count). The van der Waals surface area contributed by atoms with E-state index in [-0.39, 0.29) is 31.8 Å². The third-order valence-electron chi connectivity index (χ3n) is 4.49. The van der Waals surface area contributed by atoms with Crippen LogP contribution in [0.1, 0.15) is 26.3 Å². The number of amides is 2. The van der Waals surface area contributed by atoms with Crippen LogP contribution in [0, 0.1) is 6.92 Å². The van der Waals surface area contributed by atoms with Crippen molar-refractivity contribution in [3.63, 3.8) is 0 Å². The molecule has 34 heavy (non-hydrogen) atoms. The Hall–Kier alpha value is -2.42. The first kappa shape index (κ1) is 26.2. The van der Waals surface area contributed by atoms with Crippen molar-refractivity contribution in [2.45, 2.75) is 11.8 Å². The van der Waals surface area contributed by atoms with Crippen LogP contribution in [0.15, 0.2) is 53.4 Å². The molecule has 0 saturated carbocycles. The van der Waals surface area contributed by atoms with Crippen LogP contribution in [0.2, 0.25) is 20.1 Å². The summed E-state index contributed by atoms with van der Waals surface area (Å²) in [5.74, 6) is -2.26. The molecule has 0 saturated heterocycles. The number of anilines is 2. The molecule has 0 aliphatic rings. The maximum atomic E-state index is 12.8. The number of carbonyl (C=O) groups excluding carboxylic acids is 2. The van der Waals surface area contributed by atoms with Crippen LogP contribution in [-0.4, -0.2) is 28.6 Å². The predicted molar refractivity (Wildman–Crippen MR) is 138 cm³/mol. The molecule has 3 N–H and O–H groups in total. The molecule has 6 nitrogen and oxygen atoms in total. The van der Waals surface area contributed by atoms with Gasteiger partial charge in [0.25, 0.3) is 5.91 Å². The van der Waals surface area contributed by atoms with Gasteiger partial charge in [-0.15, -0.1) is 11.8 Å². The van der Waals surface area contributed by atoms with Crippen molar-refractivity contribution < 1.29 is 19.5 Å². The maximum Gasteiger partial charge on any atom is 0.338 e. The molecule has 0 fully saturated rings. The Balaban J connectivity index is 1.68. The number of halogens is 4. The molecule has 11 heteroatoms.